The first-order valence-electron chi connectivity index (χ1n) is 4.73. The maximum atomic E-state index is 11.1. The van der Waals surface area contributed by atoms with Gasteiger partial charge in [-0.15, -0.1) is 0 Å². The van der Waals surface area contributed by atoms with E-state index in [1.165, 1.54) is 0 Å². The van der Waals surface area contributed by atoms with Crippen molar-refractivity contribution in [1.29, 1.82) is 0 Å². The standard InChI is InChI=1S/C10H18O3/c1-5-9(11)7(3)13-8(4)10(12)6-2/h7-8H,5-6H2,1-4H3. The number of rotatable bonds is 6. The van der Waals surface area contributed by atoms with Gasteiger partial charge in [-0.1, -0.05) is 13.8 Å². The van der Waals surface area contributed by atoms with Crippen molar-refractivity contribution >= 4 is 11.6 Å². The summed E-state index contributed by atoms with van der Waals surface area (Å²) >= 11 is 0. The molecule has 0 aliphatic rings. The SMILES string of the molecule is CCC(=O)C(C)OC(C)C(=O)CC. The zero-order chi connectivity index (χ0) is 10.4. The van der Waals surface area contributed by atoms with E-state index < -0.39 is 12.2 Å². The average molecular weight is 186 g/mol. The molecular formula is C10H18O3. The van der Waals surface area contributed by atoms with Crippen molar-refractivity contribution < 1.29 is 14.3 Å². The van der Waals surface area contributed by atoms with Crippen molar-refractivity contribution in [3.63, 3.8) is 0 Å². The summed E-state index contributed by atoms with van der Waals surface area (Å²) in [5.41, 5.74) is 0. The molecule has 2 atom stereocenters. The van der Waals surface area contributed by atoms with E-state index in [2.05, 4.69) is 0 Å². The van der Waals surface area contributed by atoms with Crippen molar-refractivity contribution in [3.05, 3.63) is 0 Å². The third kappa shape index (κ3) is 4.18. The lowest BCUT2D eigenvalue weighted by Gasteiger charge is -2.16. The minimum atomic E-state index is -0.463. The largest absolute Gasteiger partial charge is 0.360 e. The first kappa shape index (κ1) is 12.3. The van der Waals surface area contributed by atoms with Crippen molar-refractivity contribution in [2.24, 2.45) is 0 Å². The van der Waals surface area contributed by atoms with E-state index in [1.807, 2.05) is 0 Å². The molecular weight excluding hydrogens is 168 g/mol. The number of hydrogen-bond donors (Lipinski definition) is 0. The fourth-order valence-corrected chi connectivity index (χ4v) is 1.03. The Hall–Kier alpha value is -0.700. The van der Waals surface area contributed by atoms with E-state index in [9.17, 15) is 9.59 Å². The minimum Gasteiger partial charge on any atom is -0.360 e. The first-order chi connectivity index (χ1) is 6.02. The van der Waals surface area contributed by atoms with Crippen LogP contribution in [0.5, 0.6) is 0 Å². The van der Waals surface area contributed by atoms with Crippen LogP contribution in [0.15, 0.2) is 0 Å². The quantitative estimate of drug-likeness (QED) is 0.634. The Balaban J connectivity index is 3.98. The molecule has 0 aromatic rings. The molecule has 13 heavy (non-hydrogen) atoms. The molecule has 0 radical (unpaired) electrons. The van der Waals surface area contributed by atoms with Gasteiger partial charge in [-0.25, -0.2) is 0 Å². The van der Waals surface area contributed by atoms with Gasteiger partial charge in [0.15, 0.2) is 11.6 Å². The van der Waals surface area contributed by atoms with Gasteiger partial charge >= 0.3 is 0 Å². The molecule has 3 heteroatoms. The van der Waals surface area contributed by atoms with Crippen LogP contribution in [0, 0.1) is 0 Å². The summed E-state index contributed by atoms with van der Waals surface area (Å²) in [4.78, 5) is 22.2. The van der Waals surface area contributed by atoms with Crippen LogP contribution >= 0.6 is 0 Å². The second-order valence-electron chi connectivity index (χ2n) is 3.06. The fourth-order valence-electron chi connectivity index (χ4n) is 1.03. The number of ketones is 2. The summed E-state index contributed by atoms with van der Waals surface area (Å²) in [6.07, 6.45) is -0.0198. The summed E-state index contributed by atoms with van der Waals surface area (Å²) in [6, 6.07) is 0. The van der Waals surface area contributed by atoms with Crippen molar-refractivity contribution in [2.45, 2.75) is 52.7 Å². The fraction of sp³-hybridized carbons (Fsp3) is 0.800. The molecule has 0 saturated heterocycles. The lowest BCUT2D eigenvalue weighted by atomic mass is 10.2. The number of carbonyl (C=O) groups is 2. The van der Waals surface area contributed by atoms with E-state index in [1.54, 1.807) is 27.7 Å². The van der Waals surface area contributed by atoms with E-state index in [0.717, 1.165) is 0 Å². The summed E-state index contributed by atoms with van der Waals surface area (Å²) in [5, 5.41) is 0. The number of hydrogen-bond acceptors (Lipinski definition) is 3. The summed E-state index contributed by atoms with van der Waals surface area (Å²) < 4.78 is 5.26. The molecule has 76 valence electrons. The maximum Gasteiger partial charge on any atom is 0.161 e. The summed E-state index contributed by atoms with van der Waals surface area (Å²) in [5.74, 6) is 0.0755. The van der Waals surface area contributed by atoms with E-state index in [-0.39, 0.29) is 11.6 Å². The molecule has 0 aromatic carbocycles. The molecule has 0 N–H and O–H groups in total. The zero-order valence-electron chi connectivity index (χ0n) is 8.79. The Morgan fingerprint density at radius 3 is 1.54 bits per heavy atom. The molecule has 3 nitrogen and oxygen atoms in total. The third-order valence-electron chi connectivity index (χ3n) is 2.01. The van der Waals surface area contributed by atoms with Gasteiger partial charge in [0.2, 0.25) is 0 Å². The number of carbonyl (C=O) groups excluding carboxylic acids is 2. The van der Waals surface area contributed by atoms with Crippen LogP contribution in [-0.4, -0.2) is 23.8 Å². The second-order valence-corrected chi connectivity index (χ2v) is 3.06. The Labute approximate surface area is 79.5 Å². The van der Waals surface area contributed by atoms with Crippen LogP contribution in [0.2, 0.25) is 0 Å². The minimum absolute atomic E-state index is 0.0377. The van der Waals surface area contributed by atoms with Gasteiger partial charge in [-0.3, -0.25) is 9.59 Å². The van der Waals surface area contributed by atoms with Crippen molar-refractivity contribution in [3.8, 4) is 0 Å². The smallest absolute Gasteiger partial charge is 0.161 e. The molecule has 0 amide bonds. The maximum absolute atomic E-state index is 11.1. The molecule has 0 fully saturated rings. The highest BCUT2D eigenvalue weighted by Gasteiger charge is 2.18. The molecule has 0 spiro atoms. The van der Waals surface area contributed by atoms with Gasteiger partial charge in [0.25, 0.3) is 0 Å². The number of Topliss-reactive ketones (excluding diaryl/α,β-unsaturated/α-hetero) is 2. The number of ether oxygens (including phenoxy) is 1. The first-order valence-corrected chi connectivity index (χ1v) is 4.73. The van der Waals surface area contributed by atoms with E-state index >= 15 is 0 Å². The van der Waals surface area contributed by atoms with Crippen LogP contribution in [0.4, 0.5) is 0 Å². The molecule has 0 bridgehead atoms. The zero-order valence-corrected chi connectivity index (χ0v) is 8.79. The molecule has 0 rings (SSSR count). The normalized spacial score (nSPS) is 15.1. The summed E-state index contributed by atoms with van der Waals surface area (Å²) in [6.45, 7) is 6.94. The Kier molecular flexibility index (Phi) is 5.55. The molecule has 0 heterocycles. The lowest BCUT2D eigenvalue weighted by Crippen LogP contribution is -2.29. The van der Waals surface area contributed by atoms with Crippen LogP contribution < -0.4 is 0 Å². The topological polar surface area (TPSA) is 43.4 Å². The monoisotopic (exact) mass is 186 g/mol. The van der Waals surface area contributed by atoms with E-state index in [4.69, 9.17) is 4.74 Å². The van der Waals surface area contributed by atoms with Crippen LogP contribution in [0.1, 0.15) is 40.5 Å². The Morgan fingerprint density at radius 2 is 1.31 bits per heavy atom. The van der Waals surface area contributed by atoms with Gasteiger partial charge in [0, 0.05) is 12.8 Å². The lowest BCUT2D eigenvalue weighted by molar-refractivity contribution is -0.140. The predicted octanol–water partition coefficient (Wildman–Crippen LogP) is 1.74. The van der Waals surface area contributed by atoms with Crippen LogP contribution in [-0.2, 0) is 14.3 Å². The van der Waals surface area contributed by atoms with Crippen LogP contribution in [0.3, 0.4) is 0 Å². The Bertz CT molecular complexity index is 167. The van der Waals surface area contributed by atoms with Gasteiger partial charge in [0.05, 0.1) is 0 Å². The third-order valence-corrected chi connectivity index (χ3v) is 2.01. The molecule has 0 aliphatic carbocycles. The van der Waals surface area contributed by atoms with Gasteiger partial charge in [-0.2, -0.15) is 0 Å². The predicted molar refractivity (Wildman–Crippen MR) is 50.6 cm³/mol. The molecule has 2 unspecified atom stereocenters. The highest BCUT2D eigenvalue weighted by Crippen LogP contribution is 2.04. The highest BCUT2D eigenvalue weighted by atomic mass is 16.5. The highest BCUT2D eigenvalue weighted by molar-refractivity contribution is 5.84. The van der Waals surface area contributed by atoms with E-state index in [0.29, 0.717) is 12.8 Å². The molecule has 0 aromatic heterocycles. The average Bonchev–Trinajstić information content (AvgIpc) is 2.14. The van der Waals surface area contributed by atoms with Crippen molar-refractivity contribution in [1.82, 2.24) is 0 Å². The van der Waals surface area contributed by atoms with Gasteiger partial charge in [0.1, 0.15) is 12.2 Å². The Morgan fingerprint density at radius 1 is 1.00 bits per heavy atom. The van der Waals surface area contributed by atoms with Crippen molar-refractivity contribution in [2.75, 3.05) is 0 Å². The summed E-state index contributed by atoms with van der Waals surface area (Å²) in [7, 11) is 0. The molecule has 0 saturated carbocycles. The van der Waals surface area contributed by atoms with Gasteiger partial charge in [-0.05, 0) is 13.8 Å². The van der Waals surface area contributed by atoms with Gasteiger partial charge < -0.3 is 4.74 Å². The van der Waals surface area contributed by atoms with Crippen LogP contribution in [0.25, 0.3) is 0 Å². The second kappa shape index (κ2) is 5.86. The molecule has 0 aliphatic heterocycles.